The fourth-order valence-electron chi connectivity index (χ4n) is 7.51. The number of carbonyl (C=O) groups is 9. The lowest BCUT2D eigenvalue weighted by atomic mass is 9.88. The molecule has 0 radical (unpaired) electrons. The number of hydrogen-bond donors (Lipinski definition) is 4. The minimum absolute atomic E-state index is 0.0611. The first-order valence-corrected chi connectivity index (χ1v) is 21.8. The molecule has 1 saturated heterocycles. The fourth-order valence-corrected chi connectivity index (χ4v) is 7.51. The van der Waals surface area contributed by atoms with Crippen molar-refractivity contribution in [3.8, 4) is 0 Å². The Balaban J connectivity index is 1.83. The Morgan fingerprint density at radius 2 is 1.55 bits per heavy atom. The molecule has 0 spiro atoms. The summed E-state index contributed by atoms with van der Waals surface area (Å²) < 4.78 is 11.1. The number of Topliss-reactive ketones (excluding diaryl/α,β-unsaturated/α-hetero) is 2. The van der Waals surface area contributed by atoms with Crippen molar-refractivity contribution in [2.45, 2.75) is 150 Å². The van der Waals surface area contributed by atoms with Crippen molar-refractivity contribution in [2.24, 2.45) is 17.8 Å². The zero-order valence-corrected chi connectivity index (χ0v) is 37.9. The fraction of sp³-hybridized carbons (Fsp3) is 0.667. The van der Waals surface area contributed by atoms with Gasteiger partial charge >= 0.3 is 12.1 Å². The SMILES string of the molecule is CCCC(NC(=O)[C@@H]1CC(OC(=O)N2CCc3ccccc3C2)CN1C(=O)[C@@H](NC(=O)[C@@H](CC(=O)CCCCC(=O)NC)C(C)C)C(C)C)C(=O)C(=O)NCC(=O)OC(C)(C)C. The van der Waals surface area contributed by atoms with E-state index in [4.69, 9.17) is 9.47 Å². The van der Waals surface area contributed by atoms with Crippen molar-refractivity contribution < 1.29 is 52.6 Å². The van der Waals surface area contributed by atoms with E-state index in [-0.39, 0.29) is 49.8 Å². The minimum atomic E-state index is -1.31. The van der Waals surface area contributed by atoms with Gasteiger partial charge in [0.15, 0.2) is 0 Å². The van der Waals surface area contributed by atoms with Gasteiger partial charge in [-0.15, -0.1) is 0 Å². The van der Waals surface area contributed by atoms with Crippen LogP contribution in [0.15, 0.2) is 24.3 Å². The van der Waals surface area contributed by atoms with Crippen molar-refractivity contribution in [3.05, 3.63) is 35.4 Å². The Labute approximate surface area is 365 Å². The van der Waals surface area contributed by atoms with Crippen molar-refractivity contribution in [2.75, 3.05) is 26.7 Å². The second-order valence-corrected chi connectivity index (χ2v) is 17.9. The van der Waals surface area contributed by atoms with Crippen LogP contribution in [0, 0.1) is 17.8 Å². The summed E-state index contributed by atoms with van der Waals surface area (Å²) in [5.41, 5.74) is 1.29. The van der Waals surface area contributed by atoms with E-state index < -0.39 is 89.7 Å². The molecule has 0 aliphatic carbocycles. The number of fused-ring (bicyclic) bond motifs is 1. The molecule has 1 fully saturated rings. The van der Waals surface area contributed by atoms with E-state index in [1.807, 2.05) is 38.1 Å². The number of ether oxygens (including phenoxy) is 2. The highest BCUT2D eigenvalue weighted by molar-refractivity contribution is 6.38. The quantitative estimate of drug-likeness (QED) is 0.0798. The molecular weight excluding hydrogens is 801 g/mol. The zero-order chi connectivity index (χ0) is 46.3. The summed E-state index contributed by atoms with van der Waals surface area (Å²) in [6, 6.07) is 4.04. The lowest BCUT2D eigenvalue weighted by Crippen LogP contribution is -2.58. The average molecular weight is 869 g/mol. The second-order valence-electron chi connectivity index (χ2n) is 17.9. The van der Waals surface area contributed by atoms with Gasteiger partial charge in [0, 0.05) is 51.7 Å². The number of ketones is 2. The summed E-state index contributed by atoms with van der Waals surface area (Å²) in [4.78, 5) is 122. The lowest BCUT2D eigenvalue weighted by molar-refractivity contribution is -0.155. The molecule has 2 heterocycles. The molecule has 0 saturated carbocycles. The molecule has 17 nitrogen and oxygen atoms in total. The van der Waals surface area contributed by atoms with E-state index in [9.17, 15) is 43.2 Å². The van der Waals surface area contributed by atoms with Crippen LogP contribution in [0.5, 0.6) is 0 Å². The number of amides is 6. The largest absolute Gasteiger partial charge is 0.459 e. The van der Waals surface area contributed by atoms with Crippen LogP contribution in [-0.2, 0) is 60.8 Å². The number of nitrogens with one attached hydrogen (secondary N) is 4. The molecule has 1 aromatic carbocycles. The standard InChI is InChI=1S/C45H68N6O11/c1-10-15-34(39(55)42(58)47-24-37(54)62-45(6,7)8)48-41(57)35-23-32(61-44(60)50-21-20-29-16-11-12-17-30(29)25-50)26-51(35)43(59)38(28(4)5)49-40(56)33(27(2)3)22-31(52)18-13-14-19-36(53)46-9/h11-12,16-17,27-28,32-35,38H,10,13-15,18-26H2,1-9H3,(H,46,53)(H,47,58)(H,48,57)(H,49,56)/t32?,33-,34?,35-,38-/m0/s1. The lowest BCUT2D eigenvalue weighted by Gasteiger charge is -2.32. The topological polar surface area (TPSA) is 227 Å². The summed E-state index contributed by atoms with van der Waals surface area (Å²) in [5, 5.41) is 10.3. The Kier molecular flexibility index (Phi) is 19.5. The highest BCUT2D eigenvalue weighted by atomic mass is 16.6. The molecule has 4 N–H and O–H groups in total. The van der Waals surface area contributed by atoms with Crippen LogP contribution in [0.1, 0.15) is 118 Å². The van der Waals surface area contributed by atoms with Crippen molar-refractivity contribution in [1.82, 2.24) is 31.1 Å². The Morgan fingerprint density at radius 1 is 0.887 bits per heavy atom. The van der Waals surface area contributed by atoms with Crippen molar-refractivity contribution in [1.29, 1.82) is 0 Å². The normalized spacial score (nSPS) is 17.6. The number of nitrogens with zero attached hydrogens (tertiary/aromatic N) is 2. The van der Waals surface area contributed by atoms with Gasteiger partial charge in [0.1, 0.15) is 36.1 Å². The molecule has 1 aromatic rings. The van der Waals surface area contributed by atoms with Gasteiger partial charge in [-0.3, -0.25) is 38.4 Å². The maximum absolute atomic E-state index is 14.6. The number of esters is 1. The number of unbranched alkanes of at least 4 members (excludes halogenated alkanes) is 1. The zero-order valence-electron chi connectivity index (χ0n) is 37.9. The molecule has 2 aliphatic rings. The highest BCUT2D eigenvalue weighted by Gasteiger charge is 2.46. The van der Waals surface area contributed by atoms with Gasteiger partial charge in [0.2, 0.25) is 29.4 Å². The molecule has 0 bridgehead atoms. The van der Waals surface area contributed by atoms with E-state index in [0.717, 1.165) is 11.1 Å². The molecule has 0 aromatic heterocycles. The Bertz CT molecular complexity index is 1790. The van der Waals surface area contributed by atoms with E-state index >= 15 is 0 Å². The Hall–Kier alpha value is -5.35. The summed E-state index contributed by atoms with van der Waals surface area (Å²) >= 11 is 0. The van der Waals surface area contributed by atoms with Gasteiger partial charge in [-0.25, -0.2) is 4.79 Å². The number of rotatable bonds is 21. The molecule has 3 rings (SSSR count). The third kappa shape index (κ3) is 15.5. The summed E-state index contributed by atoms with van der Waals surface area (Å²) in [6.45, 7) is 13.8. The number of benzene rings is 1. The first-order chi connectivity index (χ1) is 29.1. The van der Waals surface area contributed by atoms with Crippen molar-refractivity contribution >= 4 is 53.2 Å². The van der Waals surface area contributed by atoms with Crippen LogP contribution in [0.3, 0.4) is 0 Å². The number of hydrogen-bond acceptors (Lipinski definition) is 11. The first kappa shape index (κ1) is 51.0. The smallest absolute Gasteiger partial charge is 0.410 e. The molecule has 62 heavy (non-hydrogen) atoms. The monoisotopic (exact) mass is 868 g/mol. The predicted molar refractivity (Wildman–Crippen MR) is 229 cm³/mol. The average Bonchev–Trinajstić information content (AvgIpc) is 3.64. The maximum atomic E-state index is 14.6. The van der Waals surface area contributed by atoms with Crippen LogP contribution in [0.25, 0.3) is 0 Å². The van der Waals surface area contributed by atoms with Crippen LogP contribution < -0.4 is 21.3 Å². The summed E-state index contributed by atoms with van der Waals surface area (Å²) in [7, 11) is 1.54. The number of likely N-dealkylation sites (tertiary alicyclic amines) is 1. The van der Waals surface area contributed by atoms with Gasteiger partial charge < -0.3 is 40.5 Å². The van der Waals surface area contributed by atoms with Crippen LogP contribution in [0.4, 0.5) is 4.79 Å². The minimum Gasteiger partial charge on any atom is -0.459 e. The molecule has 2 unspecified atom stereocenters. The third-order valence-corrected chi connectivity index (χ3v) is 11.0. The molecular formula is C45H68N6O11. The van der Waals surface area contributed by atoms with Gasteiger partial charge in [0.05, 0.1) is 12.6 Å². The van der Waals surface area contributed by atoms with Gasteiger partial charge in [-0.1, -0.05) is 65.3 Å². The predicted octanol–water partition coefficient (Wildman–Crippen LogP) is 3.14. The molecule has 344 valence electrons. The molecule has 17 heteroatoms. The van der Waals surface area contributed by atoms with Crippen molar-refractivity contribution in [3.63, 3.8) is 0 Å². The van der Waals surface area contributed by atoms with Crippen LogP contribution >= 0.6 is 0 Å². The van der Waals surface area contributed by atoms with Crippen LogP contribution in [0.2, 0.25) is 0 Å². The van der Waals surface area contributed by atoms with Crippen LogP contribution in [-0.4, -0.2) is 119 Å². The summed E-state index contributed by atoms with van der Waals surface area (Å²) in [6.07, 6.45) is 0.823. The molecule has 6 amide bonds. The van der Waals surface area contributed by atoms with E-state index in [0.29, 0.717) is 45.2 Å². The molecule has 5 atom stereocenters. The summed E-state index contributed by atoms with van der Waals surface area (Å²) in [5.74, 6) is -6.54. The maximum Gasteiger partial charge on any atom is 0.410 e. The first-order valence-electron chi connectivity index (χ1n) is 21.8. The number of carbonyl (C=O) groups excluding carboxylic acids is 9. The third-order valence-electron chi connectivity index (χ3n) is 11.0. The second kappa shape index (κ2) is 23.8. The Morgan fingerprint density at radius 3 is 2.16 bits per heavy atom. The van der Waals surface area contributed by atoms with Gasteiger partial charge in [0.25, 0.3) is 5.91 Å². The van der Waals surface area contributed by atoms with Gasteiger partial charge in [-0.05, 0) is 69.4 Å². The van der Waals surface area contributed by atoms with Gasteiger partial charge in [-0.2, -0.15) is 0 Å². The van der Waals surface area contributed by atoms with E-state index in [1.165, 1.54) is 4.90 Å². The molecule has 2 aliphatic heterocycles. The van der Waals surface area contributed by atoms with E-state index in [2.05, 4.69) is 21.3 Å². The van der Waals surface area contributed by atoms with E-state index in [1.54, 1.807) is 53.5 Å². The highest BCUT2D eigenvalue weighted by Crippen LogP contribution is 2.27.